The molecule has 2 N–H and O–H groups in total. The number of amides is 1. The minimum absolute atomic E-state index is 0.0459. The Morgan fingerprint density at radius 3 is 2.55 bits per heavy atom. The van der Waals surface area contributed by atoms with Crippen LogP contribution in [0.25, 0.3) is 0 Å². The second kappa shape index (κ2) is 7.14. The molecule has 1 aliphatic heterocycles. The van der Waals surface area contributed by atoms with Crippen molar-refractivity contribution in [3.05, 3.63) is 23.8 Å². The highest BCUT2D eigenvalue weighted by Gasteiger charge is 2.32. The Hall–Kier alpha value is -1.55. The normalized spacial score (nSPS) is 26.3. The molecule has 0 radical (unpaired) electrons. The molecule has 0 saturated carbocycles. The minimum Gasteiger partial charge on any atom is -0.495 e. The monoisotopic (exact) mass is 305 g/mol. The van der Waals surface area contributed by atoms with Gasteiger partial charge in [0, 0.05) is 11.8 Å². The molecule has 1 aromatic carbocycles. The van der Waals surface area contributed by atoms with Gasteiger partial charge in [-0.25, -0.2) is 0 Å². The molecule has 1 fully saturated rings. The van der Waals surface area contributed by atoms with Gasteiger partial charge < -0.3 is 15.0 Å². The molecule has 22 heavy (non-hydrogen) atoms. The third-order valence-electron chi connectivity index (χ3n) is 4.64. The van der Waals surface area contributed by atoms with Gasteiger partial charge in [-0.05, 0) is 38.0 Å². The van der Waals surface area contributed by atoms with Crippen molar-refractivity contribution in [3.8, 4) is 5.75 Å². The first kappa shape index (κ1) is 16.8. The molecule has 0 bridgehead atoms. The van der Waals surface area contributed by atoms with Crippen molar-refractivity contribution in [2.24, 2.45) is 11.8 Å². The summed E-state index contributed by atoms with van der Waals surface area (Å²) in [7, 11) is 1.63. The molecule has 1 aromatic rings. The predicted octanol–water partition coefficient (Wildman–Crippen LogP) is 1.89. The number of aryl methyl sites for hydroxylation is 1. The van der Waals surface area contributed by atoms with Crippen molar-refractivity contribution < 1.29 is 14.4 Å². The second-order valence-corrected chi connectivity index (χ2v) is 6.93. The molecule has 122 valence electrons. The maximum atomic E-state index is 12.6. The molecule has 1 aliphatic rings. The molecule has 1 saturated heterocycles. The van der Waals surface area contributed by atoms with Crippen molar-refractivity contribution >= 4 is 11.6 Å². The Balaban J connectivity index is 2.07. The number of hydrogen-bond acceptors (Lipinski definition) is 2. The van der Waals surface area contributed by atoms with Gasteiger partial charge in [-0.3, -0.25) is 4.79 Å². The number of nitrogens with one attached hydrogen (secondary N) is 2. The summed E-state index contributed by atoms with van der Waals surface area (Å²) in [6, 6.07) is 5.79. The van der Waals surface area contributed by atoms with Crippen molar-refractivity contribution in [3.63, 3.8) is 0 Å². The lowest BCUT2D eigenvalue weighted by Crippen LogP contribution is -3.18. The van der Waals surface area contributed by atoms with Crippen molar-refractivity contribution in [1.29, 1.82) is 0 Å². The molecule has 4 nitrogen and oxygen atoms in total. The quantitative estimate of drug-likeness (QED) is 0.892. The number of benzene rings is 1. The van der Waals surface area contributed by atoms with Gasteiger partial charge in [0.1, 0.15) is 5.75 Å². The van der Waals surface area contributed by atoms with E-state index in [1.54, 1.807) is 7.11 Å². The zero-order valence-corrected chi connectivity index (χ0v) is 14.4. The zero-order valence-electron chi connectivity index (χ0n) is 14.4. The van der Waals surface area contributed by atoms with Crippen LogP contribution in [0.15, 0.2) is 18.2 Å². The third kappa shape index (κ3) is 4.01. The minimum atomic E-state index is -0.0459. The predicted molar refractivity (Wildman–Crippen MR) is 89.5 cm³/mol. The number of quaternary nitrogens is 1. The standard InChI is InChI=1S/C18H28N2O2/c1-12-6-7-17(22-5)16(9-12)19-18(21)15(4)20-10-13(2)8-14(3)11-20/h6-7,9,13-15H,8,10-11H2,1-5H3,(H,19,21)/p+1/t13-,14+,15-/m1/s1. The van der Waals surface area contributed by atoms with Crippen molar-refractivity contribution in [2.45, 2.75) is 40.2 Å². The third-order valence-corrected chi connectivity index (χ3v) is 4.64. The van der Waals surface area contributed by atoms with Crippen LogP contribution < -0.4 is 15.0 Å². The summed E-state index contributed by atoms with van der Waals surface area (Å²) in [6.07, 6.45) is 1.27. The summed E-state index contributed by atoms with van der Waals surface area (Å²) in [4.78, 5) is 14.0. The van der Waals surface area contributed by atoms with Gasteiger partial charge in [0.15, 0.2) is 6.04 Å². The van der Waals surface area contributed by atoms with Crippen LogP contribution in [0.1, 0.15) is 32.8 Å². The van der Waals surface area contributed by atoms with E-state index in [-0.39, 0.29) is 11.9 Å². The number of carbonyl (C=O) groups excluding carboxylic acids is 1. The molecule has 1 heterocycles. The highest BCUT2D eigenvalue weighted by molar-refractivity contribution is 5.95. The zero-order chi connectivity index (χ0) is 16.3. The Bertz CT molecular complexity index is 520. The summed E-state index contributed by atoms with van der Waals surface area (Å²) in [5, 5.41) is 3.04. The van der Waals surface area contributed by atoms with Gasteiger partial charge >= 0.3 is 0 Å². The molecule has 4 heteroatoms. The number of rotatable bonds is 4. The second-order valence-electron chi connectivity index (χ2n) is 6.93. The van der Waals surface area contributed by atoms with Crippen LogP contribution in [0.4, 0.5) is 5.69 Å². The van der Waals surface area contributed by atoms with Gasteiger partial charge in [0.05, 0.1) is 25.9 Å². The molecule has 2 rings (SSSR count). The van der Waals surface area contributed by atoms with Gasteiger partial charge in [0.25, 0.3) is 5.91 Å². The Morgan fingerprint density at radius 1 is 1.32 bits per heavy atom. The van der Waals surface area contributed by atoms with E-state index >= 15 is 0 Å². The summed E-state index contributed by atoms with van der Waals surface area (Å²) in [5.74, 6) is 2.15. The summed E-state index contributed by atoms with van der Waals surface area (Å²) in [5.41, 5.74) is 1.87. The fourth-order valence-corrected chi connectivity index (χ4v) is 3.53. The maximum Gasteiger partial charge on any atom is 0.282 e. The van der Waals surface area contributed by atoms with Crippen LogP contribution in [-0.2, 0) is 4.79 Å². The fraction of sp³-hybridized carbons (Fsp3) is 0.611. The number of piperidine rings is 1. The molecule has 0 spiro atoms. The Morgan fingerprint density at radius 2 is 1.95 bits per heavy atom. The number of anilines is 1. The largest absolute Gasteiger partial charge is 0.495 e. The lowest BCUT2D eigenvalue weighted by Gasteiger charge is -2.35. The topological polar surface area (TPSA) is 42.8 Å². The van der Waals surface area contributed by atoms with Crippen LogP contribution in [0, 0.1) is 18.8 Å². The highest BCUT2D eigenvalue weighted by atomic mass is 16.5. The summed E-state index contributed by atoms with van der Waals surface area (Å²) >= 11 is 0. The van der Waals surface area contributed by atoms with Gasteiger partial charge in [-0.2, -0.15) is 0 Å². The van der Waals surface area contributed by atoms with E-state index in [0.717, 1.165) is 24.3 Å². The average molecular weight is 305 g/mol. The number of carbonyl (C=O) groups is 1. The van der Waals surface area contributed by atoms with Crippen molar-refractivity contribution in [2.75, 3.05) is 25.5 Å². The van der Waals surface area contributed by atoms with Crippen molar-refractivity contribution in [1.82, 2.24) is 0 Å². The van der Waals surface area contributed by atoms with Crippen LogP contribution in [0.2, 0.25) is 0 Å². The van der Waals surface area contributed by atoms with E-state index in [0.29, 0.717) is 17.6 Å². The summed E-state index contributed by atoms with van der Waals surface area (Å²) in [6.45, 7) is 10.7. The van der Waals surface area contributed by atoms with Crippen LogP contribution in [0.3, 0.4) is 0 Å². The van der Waals surface area contributed by atoms with Crippen LogP contribution in [-0.4, -0.2) is 32.1 Å². The fourth-order valence-electron chi connectivity index (χ4n) is 3.53. The van der Waals surface area contributed by atoms with E-state index in [2.05, 4.69) is 19.2 Å². The van der Waals surface area contributed by atoms with Crippen LogP contribution in [0.5, 0.6) is 5.75 Å². The van der Waals surface area contributed by atoms with E-state index in [1.807, 2.05) is 32.0 Å². The summed E-state index contributed by atoms with van der Waals surface area (Å²) < 4.78 is 5.34. The van der Waals surface area contributed by atoms with E-state index in [9.17, 15) is 4.79 Å². The molecule has 0 aromatic heterocycles. The molecular weight excluding hydrogens is 276 g/mol. The van der Waals surface area contributed by atoms with Crippen LogP contribution >= 0.6 is 0 Å². The van der Waals surface area contributed by atoms with Gasteiger partial charge in [-0.1, -0.05) is 19.9 Å². The SMILES string of the molecule is COc1ccc(C)cc1NC(=O)[C@@H](C)[NH+]1C[C@H](C)C[C@H](C)C1. The Kier molecular flexibility index (Phi) is 5.46. The highest BCUT2D eigenvalue weighted by Crippen LogP contribution is 2.25. The molecule has 1 unspecified atom stereocenters. The lowest BCUT2D eigenvalue weighted by atomic mass is 9.91. The first-order valence-corrected chi connectivity index (χ1v) is 8.20. The maximum absolute atomic E-state index is 12.6. The number of hydrogen-bond donors (Lipinski definition) is 2. The van der Waals surface area contributed by atoms with E-state index < -0.39 is 0 Å². The smallest absolute Gasteiger partial charge is 0.282 e. The number of methoxy groups -OCH3 is 1. The molecule has 1 amide bonds. The lowest BCUT2D eigenvalue weighted by molar-refractivity contribution is -0.925. The Labute approximate surface area is 133 Å². The number of ether oxygens (including phenoxy) is 1. The van der Waals surface area contributed by atoms with Gasteiger partial charge in [-0.15, -0.1) is 0 Å². The molecule has 4 atom stereocenters. The number of likely N-dealkylation sites (tertiary alicyclic amines) is 1. The van der Waals surface area contributed by atoms with Gasteiger partial charge in [0.2, 0.25) is 0 Å². The first-order valence-electron chi connectivity index (χ1n) is 8.20. The van der Waals surface area contributed by atoms with E-state index in [4.69, 9.17) is 4.74 Å². The van der Waals surface area contributed by atoms with E-state index in [1.165, 1.54) is 11.3 Å². The first-order chi connectivity index (χ1) is 10.4. The molecular formula is C18H29N2O2+. The average Bonchev–Trinajstić information content (AvgIpc) is 2.45. The molecule has 0 aliphatic carbocycles.